The van der Waals surface area contributed by atoms with Crippen LogP contribution in [-0.2, 0) is 20.4 Å². The molecule has 4 aromatic carbocycles. The lowest BCUT2D eigenvalue weighted by molar-refractivity contribution is -0.123. The molecule has 288 valence electrons. The standard InChI is InChI=1S/C44H48ClN3O7/c1-9-35(55-36-24-21-28(42(4,5)10-2)25-34(36)43(6,7)11-3)38(50)46-29-15-14-16-30(26-29)47-41(53)44(45,37(49)27-19-22-31(54-8)23-20-27)48-39(51)32-17-12-13-18-33(32)40(48)52/h12-26,35H,9-11H2,1-8H3,(H,46,50)(H,47,53). The Morgan fingerprint density at radius 2 is 1.33 bits per heavy atom. The van der Waals surface area contributed by atoms with Gasteiger partial charge in [-0.25, -0.2) is 4.90 Å². The van der Waals surface area contributed by atoms with Crippen LogP contribution in [0.3, 0.4) is 0 Å². The van der Waals surface area contributed by atoms with E-state index in [9.17, 15) is 24.0 Å². The second-order valence-electron chi connectivity index (χ2n) is 14.9. The highest BCUT2D eigenvalue weighted by atomic mass is 35.5. The number of nitrogens with zero attached hydrogens (tertiary/aromatic N) is 1. The van der Waals surface area contributed by atoms with Crippen LogP contribution in [0, 0.1) is 0 Å². The average Bonchev–Trinajstić information content (AvgIpc) is 3.45. The van der Waals surface area contributed by atoms with Gasteiger partial charge in [0.1, 0.15) is 11.5 Å². The van der Waals surface area contributed by atoms with E-state index in [4.69, 9.17) is 21.1 Å². The maximum Gasteiger partial charge on any atom is 0.274 e. The van der Waals surface area contributed by atoms with Crippen molar-refractivity contribution in [3.05, 3.63) is 119 Å². The van der Waals surface area contributed by atoms with Crippen LogP contribution in [0.25, 0.3) is 0 Å². The molecular formula is C44H48ClN3O7. The molecule has 0 saturated heterocycles. The summed E-state index contributed by atoms with van der Waals surface area (Å²) < 4.78 is 11.6. The van der Waals surface area contributed by atoms with E-state index in [0.29, 0.717) is 28.5 Å². The molecule has 0 saturated carbocycles. The Morgan fingerprint density at radius 3 is 1.87 bits per heavy atom. The lowest BCUT2D eigenvalue weighted by Gasteiger charge is -2.32. The first-order valence-electron chi connectivity index (χ1n) is 18.4. The first kappa shape index (κ1) is 40.7. The Balaban J connectivity index is 1.41. The maximum atomic E-state index is 14.2. The number of anilines is 2. The summed E-state index contributed by atoms with van der Waals surface area (Å²) in [6.07, 6.45) is 1.36. The molecule has 0 bridgehead atoms. The summed E-state index contributed by atoms with van der Waals surface area (Å²) in [6, 6.07) is 24.2. The van der Waals surface area contributed by atoms with E-state index in [-0.39, 0.29) is 33.2 Å². The average molecular weight is 766 g/mol. The number of ketones is 1. The molecule has 11 heteroatoms. The van der Waals surface area contributed by atoms with Crippen LogP contribution in [0.5, 0.6) is 11.5 Å². The number of nitrogens with one attached hydrogen (secondary N) is 2. The van der Waals surface area contributed by atoms with Gasteiger partial charge in [-0.3, -0.25) is 24.0 Å². The number of alkyl halides is 1. The summed E-state index contributed by atoms with van der Waals surface area (Å²) in [6.45, 7) is 14.9. The Bertz CT molecular complexity index is 2090. The molecular weight excluding hydrogens is 718 g/mol. The van der Waals surface area contributed by atoms with Gasteiger partial charge < -0.3 is 20.1 Å². The highest BCUT2D eigenvalue weighted by Crippen LogP contribution is 2.40. The van der Waals surface area contributed by atoms with E-state index >= 15 is 0 Å². The zero-order valence-electron chi connectivity index (χ0n) is 32.5. The third-order valence-corrected chi connectivity index (χ3v) is 11.1. The molecule has 4 aromatic rings. The van der Waals surface area contributed by atoms with Crippen LogP contribution >= 0.6 is 11.6 Å². The molecule has 2 N–H and O–H groups in total. The number of rotatable bonds is 15. The van der Waals surface area contributed by atoms with Gasteiger partial charge in [0.05, 0.1) is 18.2 Å². The van der Waals surface area contributed by atoms with Gasteiger partial charge in [0.15, 0.2) is 6.10 Å². The largest absolute Gasteiger partial charge is 0.497 e. The quantitative estimate of drug-likeness (QED) is 0.0406. The zero-order chi connectivity index (χ0) is 40.3. The fourth-order valence-electron chi connectivity index (χ4n) is 6.27. The molecule has 0 radical (unpaired) electrons. The van der Waals surface area contributed by atoms with Crippen LogP contribution in [0.15, 0.2) is 91.0 Å². The molecule has 0 fully saturated rings. The van der Waals surface area contributed by atoms with Gasteiger partial charge in [0, 0.05) is 22.5 Å². The molecule has 1 aliphatic heterocycles. The molecule has 5 rings (SSSR count). The number of carbonyl (C=O) groups is 5. The monoisotopic (exact) mass is 765 g/mol. The number of ether oxygens (including phenoxy) is 2. The first-order chi connectivity index (χ1) is 26.0. The van der Waals surface area contributed by atoms with Crippen LogP contribution in [0.4, 0.5) is 11.4 Å². The van der Waals surface area contributed by atoms with E-state index in [1.807, 2.05) is 13.0 Å². The van der Waals surface area contributed by atoms with E-state index in [1.54, 1.807) is 24.3 Å². The molecule has 10 nitrogen and oxygen atoms in total. The predicted molar refractivity (Wildman–Crippen MR) is 214 cm³/mol. The fourth-order valence-corrected chi connectivity index (χ4v) is 6.58. The molecule has 2 unspecified atom stereocenters. The highest BCUT2D eigenvalue weighted by Gasteiger charge is 2.58. The molecule has 0 aromatic heterocycles. The van der Waals surface area contributed by atoms with Crippen molar-refractivity contribution in [2.24, 2.45) is 0 Å². The minimum atomic E-state index is -2.83. The van der Waals surface area contributed by atoms with Gasteiger partial charge in [-0.15, -0.1) is 0 Å². The second-order valence-corrected chi connectivity index (χ2v) is 15.4. The minimum Gasteiger partial charge on any atom is -0.497 e. The topological polar surface area (TPSA) is 131 Å². The summed E-state index contributed by atoms with van der Waals surface area (Å²) in [5.74, 6) is -3.27. The van der Waals surface area contributed by atoms with Gasteiger partial charge in [0.25, 0.3) is 28.6 Å². The van der Waals surface area contributed by atoms with Crippen LogP contribution in [0.1, 0.15) is 110 Å². The highest BCUT2D eigenvalue weighted by molar-refractivity contribution is 6.52. The Kier molecular flexibility index (Phi) is 11.9. The van der Waals surface area contributed by atoms with Crippen LogP contribution in [0.2, 0.25) is 0 Å². The van der Waals surface area contributed by atoms with Crippen molar-refractivity contribution in [2.45, 2.75) is 89.7 Å². The number of benzene rings is 4. The Labute approximate surface area is 327 Å². The van der Waals surface area contributed by atoms with E-state index in [0.717, 1.165) is 18.4 Å². The van der Waals surface area contributed by atoms with Crippen molar-refractivity contribution in [2.75, 3.05) is 17.7 Å². The van der Waals surface area contributed by atoms with Crippen molar-refractivity contribution in [3.63, 3.8) is 0 Å². The van der Waals surface area contributed by atoms with Crippen molar-refractivity contribution in [1.29, 1.82) is 0 Å². The third-order valence-electron chi connectivity index (χ3n) is 10.6. The SMILES string of the molecule is CCC(Oc1ccc(C(C)(C)CC)cc1C(C)(C)CC)C(=O)Nc1cccc(NC(=O)C(Cl)(C(=O)c2ccc(OC)cc2)N2C(=O)c3ccccc3C2=O)c1. The number of amides is 4. The van der Waals surface area contributed by atoms with E-state index in [1.165, 1.54) is 61.2 Å². The number of hydrogen-bond donors (Lipinski definition) is 2. The van der Waals surface area contributed by atoms with Gasteiger partial charge in [-0.05, 0) is 96.3 Å². The van der Waals surface area contributed by atoms with Crippen LogP contribution in [-0.4, -0.2) is 52.5 Å². The van der Waals surface area contributed by atoms with Crippen LogP contribution < -0.4 is 20.1 Å². The van der Waals surface area contributed by atoms with Gasteiger partial charge in [-0.2, -0.15) is 0 Å². The maximum absolute atomic E-state index is 14.2. The molecule has 2 atom stereocenters. The zero-order valence-corrected chi connectivity index (χ0v) is 33.3. The molecule has 55 heavy (non-hydrogen) atoms. The summed E-state index contributed by atoms with van der Waals surface area (Å²) in [5, 5.41) is 5.48. The number of imide groups is 1. The van der Waals surface area contributed by atoms with Crippen molar-refractivity contribution >= 4 is 52.4 Å². The van der Waals surface area contributed by atoms with E-state index in [2.05, 4.69) is 64.3 Å². The minimum absolute atomic E-state index is 0.0105. The van der Waals surface area contributed by atoms with Crippen molar-refractivity contribution in [3.8, 4) is 11.5 Å². The summed E-state index contributed by atoms with van der Waals surface area (Å²) in [7, 11) is 1.46. The van der Waals surface area contributed by atoms with Crippen molar-refractivity contribution in [1.82, 2.24) is 4.90 Å². The predicted octanol–water partition coefficient (Wildman–Crippen LogP) is 8.92. The Morgan fingerprint density at radius 1 is 0.745 bits per heavy atom. The number of fused-ring (bicyclic) bond motifs is 1. The van der Waals surface area contributed by atoms with Gasteiger partial charge in [-0.1, -0.05) is 90.4 Å². The number of carbonyl (C=O) groups excluding carboxylic acids is 5. The lowest BCUT2D eigenvalue weighted by atomic mass is 9.76. The molecule has 1 heterocycles. The first-order valence-corrected chi connectivity index (χ1v) is 18.8. The van der Waals surface area contributed by atoms with Gasteiger partial charge >= 0.3 is 0 Å². The molecule has 1 aliphatic rings. The Hall–Kier alpha value is -5.48. The normalized spacial score (nSPS) is 14.5. The molecule has 4 amide bonds. The summed E-state index contributed by atoms with van der Waals surface area (Å²) >= 11 is 6.95. The second kappa shape index (κ2) is 16.1. The smallest absolute Gasteiger partial charge is 0.274 e. The number of halogens is 1. The van der Waals surface area contributed by atoms with Gasteiger partial charge in [0.2, 0.25) is 5.78 Å². The lowest BCUT2D eigenvalue weighted by Crippen LogP contribution is -2.60. The summed E-state index contributed by atoms with van der Waals surface area (Å²) in [5.41, 5.74) is 2.42. The van der Waals surface area contributed by atoms with E-state index < -0.39 is 40.5 Å². The molecule has 0 spiro atoms. The third kappa shape index (κ3) is 8.01. The summed E-state index contributed by atoms with van der Waals surface area (Å²) in [4.78, 5) is 66.9. The number of Topliss-reactive ketones (excluding diaryl/α,β-unsaturated/α-hetero) is 1. The molecule has 0 aliphatic carbocycles. The fraction of sp³-hybridized carbons (Fsp3) is 0.341. The van der Waals surface area contributed by atoms with Crippen molar-refractivity contribution < 1.29 is 33.4 Å². The number of methoxy groups -OCH3 is 1. The number of hydrogen-bond acceptors (Lipinski definition) is 7.